The third-order valence-electron chi connectivity index (χ3n) is 3.80. The molecule has 0 aromatic carbocycles. The van der Waals surface area contributed by atoms with Crippen LogP contribution in [0.4, 0.5) is 0 Å². The first-order valence-corrected chi connectivity index (χ1v) is 7.00. The molecule has 0 amide bonds. The van der Waals surface area contributed by atoms with E-state index in [1.54, 1.807) is 0 Å². The third kappa shape index (κ3) is 3.91. The molecule has 2 aliphatic rings. The standard InChI is InChI=1S/C13H26N2O2/c1-3-15-5-6-17-13(10-15)9-14-11-7-12(8-11)16-4-2/h11-14H,3-10H2,1-2H3. The second-order valence-corrected chi connectivity index (χ2v) is 5.04. The van der Waals surface area contributed by atoms with Gasteiger partial charge in [0, 0.05) is 32.3 Å². The zero-order chi connectivity index (χ0) is 12.1. The molecule has 1 heterocycles. The molecule has 0 spiro atoms. The molecular weight excluding hydrogens is 216 g/mol. The van der Waals surface area contributed by atoms with E-state index < -0.39 is 0 Å². The SMILES string of the molecule is CCOC1CC(NCC2CN(CC)CCO2)C1. The van der Waals surface area contributed by atoms with Crippen LogP contribution in [0.1, 0.15) is 26.7 Å². The van der Waals surface area contributed by atoms with Crippen LogP contribution in [0, 0.1) is 0 Å². The Morgan fingerprint density at radius 3 is 2.88 bits per heavy atom. The Hall–Kier alpha value is -0.160. The van der Waals surface area contributed by atoms with E-state index in [9.17, 15) is 0 Å². The Kier molecular flexibility index (Phi) is 5.22. The Labute approximate surface area is 105 Å². The van der Waals surface area contributed by atoms with Gasteiger partial charge in [-0.05, 0) is 26.3 Å². The van der Waals surface area contributed by atoms with Gasteiger partial charge in [-0.2, -0.15) is 0 Å². The van der Waals surface area contributed by atoms with Crippen LogP contribution >= 0.6 is 0 Å². The highest BCUT2D eigenvalue weighted by Crippen LogP contribution is 2.23. The van der Waals surface area contributed by atoms with Gasteiger partial charge >= 0.3 is 0 Å². The summed E-state index contributed by atoms with van der Waals surface area (Å²) in [4.78, 5) is 2.46. The number of likely N-dealkylation sites (N-methyl/N-ethyl adjacent to an activating group) is 1. The molecule has 4 nitrogen and oxygen atoms in total. The van der Waals surface area contributed by atoms with E-state index >= 15 is 0 Å². The van der Waals surface area contributed by atoms with Crippen molar-refractivity contribution in [2.24, 2.45) is 0 Å². The molecule has 0 aromatic rings. The van der Waals surface area contributed by atoms with Crippen molar-refractivity contribution in [1.29, 1.82) is 0 Å². The predicted molar refractivity (Wildman–Crippen MR) is 68.3 cm³/mol. The minimum atomic E-state index is 0.370. The van der Waals surface area contributed by atoms with E-state index in [0.717, 1.165) is 52.2 Å². The van der Waals surface area contributed by atoms with Crippen LogP contribution in [0.5, 0.6) is 0 Å². The molecule has 0 aromatic heterocycles. The van der Waals surface area contributed by atoms with Crippen LogP contribution in [0.2, 0.25) is 0 Å². The summed E-state index contributed by atoms with van der Waals surface area (Å²) in [5.41, 5.74) is 0. The van der Waals surface area contributed by atoms with Gasteiger partial charge in [0.15, 0.2) is 0 Å². The number of nitrogens with zero attached hydrogens (tertiary/aromatic N) is 1. The maximum atomic E-state index is 5.77. The monoisotopic (exact) mass is 242 g/mol. The molecule has 4 heteroatoms. The Morgan fingerprint density at radius 2 is 2.18 bits per heavy atom. The first kappa shape index (κ1) is 13.3. The molecule has 100 valence electrons. The third-order valence-corrected chi connectivity index (χ3v) is 3.80. The topological polar surface area (TPSA) is 33.7 Å². The van der Waals surface area contributed by atoms with Crippen molar-refractivity contribution in [3.05, 3.63) is 0 Å². The van der Waals surface area contributed by atoms with Crippen molar-refractivity contribution in [2.45, 2.75) is 44.9 Å². The molecule has 0 bridgehead atoms. The average Bonchev–Trinajstić information content (AvgIpc) is 2.32. The van der Waals surface area contributed by atoms with Crippen molar-refractivity contribution in [1.82, 2.24) is 10.2 Å². The zero-order valence-electron chi connectivity index (χ0n) is 11.2. The van der Waals surface area contributed by atoms with E-state index in [-0.39, 0.29) is 0 Å². The molecule has 1 aliphatic carbocycles. The summed E-state index contributed by atoms with van der Waals surface area (Å²) in [7, 11) is 0. The maximum Gasteiger partial charge on any atom is 0.0826 e. The fourth-order valence-corrected chi connectivity index (χ4v) is 2.59. The Morgan fingerprint density at radius 1 is 1.35 bits per heavy atom. The summed E-state index contributed by atoms with van der Waals surface area (Å²) in [6.07, 6.45) is 3.20. The highest BCUT2D eigenvalue weighted by molar-refractivity contribution is 4.87. The summed E-state index contributed by atoms with van der Waals surface area (Å²) in [6, 6.07) is 0.646. The van der Waals surface area contributed by atoms with Gasteiger partial charge in [0.2, 0.25) is 0 Å². The number of nitrogens with one attached hydrogen (secondary N) is 1. The predicted octanol–water partition coefficient (Wildman–Crippen LogP) is 0.864. The lowest BCUT2D eigenvalue weighted by Crippen LogP contribution is -2.51. The fourth-order valence-electron chi connectivity index (χ4n) is 2.59. The van der Waals surface area contributed by atoms with Crippen LogP contribution in [0.25, 0.3) is 0 Å². The van der Waals surface area contributed by atoms with Crippen molar-refractivity contribution >= 4 is 0 Å². The molecule has 1 aliphatic heterocycles. The normalized spacial score (nSPS) is 34.6. The molecule has 1 unspecified atom stereocenters. The second-order valence-electron chi connectivity index (χ2n) is 5.04. The fraction of sp³-hybridized carbons (Fsp3) is 1.00. The van der Waals surface area contributed by atoms with Crippen LogP contribution in [-0.2, 0) is 9.47 Å². The van der Waals surface area contributed by atoms with E-state index in [4.69, 9.17) is 9.47 Å². The average molecular weight is 242 g/mol. The van der Waals surface area contributed by atoms with Gasteiger partial charge in [0.1, 0.15) is 0 Å². The summed E-state index contributed by atoms with van der Waals surface area (Å²) in [5, 5.41) is 3.59. The number of hydrogen-bond acceptors (Lipinski definition) is 4. The van der Waals surface area contributed by atoms with Crippen molar-refractivity contribution in [3.63, 3.8) is 0 Å². The molecule has 2 rings (SSSR count). The van der Waals surface area contributed by atoms with Crippen LogP contribution in [0.15, 0.2) is 0 Å². The highest BCUT2D eigenvalue weighted by atomic mass is 16.5. The Balaban J connectivity index is 1.56. The summed E-state index contributed by atoms with van der Waals surface area (Å²) in [5.74, 6) is 0. The minimum absolute atomic E-state index is 0.370. The van der Waals surface area contributed by atoms with Crippen LogP contribution in [-0.4, -0.2) is 62.5 Å². The molecule has 2 fully saturated rings. The molecular formula is C13H26N2O2. The molecule has 1 saturated carbocycles. The largest absolute Gasteiger partial charge is 0.378 e. The smallest absolute Gasteiger partial charge is 0.0826 e. The summed E-state index contributed by atoms with van der Waals surface area (Å²) >= 11 is 0. The lowest BCUT2D eigenvalue weighted by molar-refractivity contribution is -0.0385. The van der Waals surface area contributed by atoms with Gasteiger partial charge < -0.3 is 14.8 Å². The lowest BCUT2D eigenvalue weighted by Gasteiger charge is -2.38. The number of ether oxygens (including phenoxy) is 2. The van der Waals surface area contributed by atoms with Crippen molar-refractivity contribution < 1.29 is 9.47 Å². The second kappa shape index (κ2) is 6.69. The quantitative estimate of drug-likeness (QED) is 0.749. The van der Waals surface area contributed by atoms with Gasteiger partial charge in [0.25, 0.3) is 0 Å². The molecule has 1 atom stereocenters. The lowest BCUT2D eigenvalue weighted by atomic mass is 9.89. The summed E-state index contributed by atoms with van der Waals surface area (Å²) in [6.45, 7) is 10.3. The van der Waals surface area contributed by atoms with Gasteiger partial charge in [-0.1, -0.05) is 6.92 Å². The van der Waals surface area contributed by atoms with Gasteiger partial charge in [-0.3, -0.25) is 4.90 Å². The zero-order valence-corrected chi connectivity index (χ0v) is 11.2. The molecule has 17 heavy (non-hydrogen) atoms. The van der Waals surface area contributed by atoms with E-state index in [1.165, 1.54) is 0 Å². The molecule has 1 saturated heterocycles. The van der Waals surface area contributed by atoms with Crippen LogP contribution < -0.4 is 5.32 Å². The van der Waals surface area contributed by atoms with E-state index in [1.807, 2.05) is 0 Å². The maximum absolute atomic E-state index is 5.77. The number of hydrogen-bond donors (Lipinski definition) is 1. The molecule has 0 radical (unpaired) electrons. The molecule has 1 N–H and O–H groups in total. The Bertz CT molecular complexity index is 219. The number of morpholine rings is 1. The van der Waals surface area contributed by atoms with Crippen molar-refractivity contribution in [3.8, 4) is 0 Å². The first-order chi connectivity index (χ1) is 8.31. The van der Waals surface area contributed by atoms with Crippen molar-refractivity contribution in [2.75, 3.05) is 39.4 Å². The van der Waals surface area contributed by atoms with Gasteiger partial charge in [0.05, 0.1) is 18.8 Å². The van der Waals surface area contributed by atoms with Crippen LogP contribution in [0.3, 0.4) is 0 Å². The highest BCUT2D eigenvalue weighted by Gasteiger charge is 2.30. The van der Waals surface area contributed by atoms with Gasteiger partial charge in [-0.25, -0.2) is 0 Å². The van der Waals surface area contributed by atoms with E-state index in [2.05, 4.69) is 24.1 Å². The first-order valence-electron chi connectivity index (χ1n) is 7.00. The van der Waals surface area contributed by atoms with E-state index in [0.29, 0.717) is 18.2 Å². The minimum Gasteiger partial charge on any atom is -0.378 e. The van der Waals surface area contributed by atoms with Gasteiger partial charge in [-0.15, -0.1) is 0 Å². The summed E-state index contributed by atoms with van der Waals surface area (Å²) < 4.78 is 11.3. The number of rotatable bonds is 6.